The first-order valence-electron chi connectivity index (χ1n) is 6.89. The fraction of sp³-hybridized carbons (Fsp3) is 0.643. The number of rotatable bonds is 4. The molecule has 0 unspecified atom stereocenters. The molecule has 2 rings (SSSR count). The number of hydrogen-bond acceptors (Lipinski definition) is 4. The molecule has 0 aromatic carbocycles. The van der Waals surface area contributed by atoms with Crippen molar-refractivity contribution in [3.8, 4) is 0 Å². The number of aromatic nitrogens is 2. The Hall–Kier alpha value is -1.65. The van der Waals surface area contributed by atoms with Crippen molar-refractivity contribution in [2.75, 3.05) is 25.0 Å². The summed E-state index contributed by atoms with van der Waals surface area (Å²) in [4.78, 5) is 14.1. The van der Waals surface area contributed by atoms with Crippen LogP contribution in [0.25, 0.3) is 0 Å². The van der Waals surface area contributed by atoms with Crippen molar-refractivity contribution >= 4 is 11.7 Å². The van der Waals surface area contributed by atoms with Crippen molar-refractivity contribution in [1.82, 2.24) is 15.1 Å². The summed E-state index contributed by atoms with van der Waals surface area (Å²) in [7, 11) is 0. The Kier molecular flexibility index (Phi) is 4.02. The maximum Gasteiger partial charge on any atom is 0.274 e. The smallest absolute Gasteiger partial charge is 0.274 e. The maximum atomic E-state index is 12.3. The molecule has 0 atom stereocenters. The molecule has 0 saturated carbocycles. The molecule has 5 heteroatoms. The number of hydrogen-bond donors (Lipinski definition) is 1. The van der Waals surface area contributed by atoms with E-state index in [1.807, 2.05) is 11.0 Å². The molecule has 1 amide bonds. The van der Waals surface area contributed by atoms with E-state index in [2.05, 4.69) is 36.3 Å². The van der Waals surface area contributed by atoms with Crippen LogP contribution in [0.2, 0.25) is 0 Å². The largest absolute Gasteiger partial charge is 0.369 e. The highest BCUT2D eigenvalue weighted by Crippen LogP contribution is 2.29. The summed E-state index contributed by atoms with van der Waals surface area (Å²) in [6, 6.07) is 3.57. The van der Waals surface area contributed by atoms with Crippen LogP contribution in [0, 0.1) is 5.41 Å². The van der Waals surface area contributed by atoms with Crippen LogP contribution in [0.4, 0.5) is 5.82 Å². The molecule has 19 heavy (non-hydrogen) atoms. The molecule has 1 fully saturated rings. The van der Waals surface area contributed by atoms with Crippen LogP contribution in [0.1, 0.15) is 44.1 Å². The van der Waals surface area contributed by atoms with E-state index in [0.717, 1.165) is 38.3 Å². The quantitative estimate of drug-likeness (QED) is 0.903. The topological polar surface area (TPSA) is 58.1 Å². The van der Waals surface area contributed by atoms with E-state index in [0.29, 0.717) is 5.69 Å². The summed E-state index contributed by atoms with van der Waals surface area (Å²) in [6.07, 6.45) is 2.08. The third-order valence-corrected chi connectivity index (χ3v) is 3.40. The van der Waals surface area contributed by atoms with Crippen LogP contribution >= 0.6 is 0 Å². The number of nitrogens with zero attached hydrogens (tertiary/aromatic N) is 3. The summed E-state index contributed by atoms with van der Waals surface area (Å²) in [6.45, 7) is 8.93. The molecule has 1 aromatic rings. The van der Waals surface area contributed by atoms with Crippen molar-refractivity contribution in [2.24, 2.45) is 5.41 Å². The highest BCUT2D eigenvalue weighted by molar-refractivity contribution is 5.92. The average Bonchev–Trinajstić information content (AvgIpc) is 2.76. The predicted octanol–water partition coefficient (Wildman–Crippen LogP) is 2.17. The van der Waals surface area contributed by atoms with E-state index in [4.69, 9.17) is 0 Å². The number of amides is 1. The lowest BCUT2D eigenvalue weighted by molar-refractivity contribution is 0.0771. The van der Waals surface area contributed by atoms with Gasteiger partial charge in [0.15, 0.2) is 5.69 Å². The van der Waals surface area contributed by atoms with Gasteiger partial charge in [0.1, 0.15) is 5.82 Å². The Morgan fingerprint density at radius 1 is 1.42 bits per heavy atom. The Bertz CT molecular complexity index is 441. The van der Waals surface area contributed by atoms with Crippen LogP contribution in [-0.4, -0.2) is 40.6 Å². The molecule has 2 heterocycles. The first kappa shape index (κ1) is 13.8. The molecule has 5 nitrogen and oxygen atoms in total. The first-order chi connectivity index (χ1) is 9.02. The molecule has 1 saturated heterocycles. The Balaban J connectivity index is 2.00. The fourth-order valence-corrected chi connectivity index (χ4v) is 2.24. The second-order valence-corrected chi connectivity index (χ2v) is 5.87. The van der Waals surface area contributed by atoms with Gasteiger partial charge in [0.05, 0.1) is 0 Å². The van der Waals surface area contributed by atoms with Gasteiger partial charge in [-0.15, -0.1) is 10.2 Å². The van der Waals surface area contributed by atoms with Crippen LogP contribution in [-0.2, 0) is 0 Å². The molecule has 104 valence electrons. The molecule has 1 N–H and O–H groups in total. The van der Waals surface area contributed by atoms with Gasteiger partial charge >= 0.3 is 0 Å². The zero-order valence-corrected chi connectivity index (χ0v) is 11.9. The van der Waals surface area contributed by atoms with E-state index in [1.165, 1.54) is 0 Å². The lowest BCUT2D eigenvalue weighted by Crippen LogP contribution is -2.31. The molecule has 1 aliphatic heterocycles. The number of carbonyl (C=O) groups is 1. The van der Waals surface area contributed by atoms with Gasteiger partial charge in [-0.05, 0) is 30.4 Å². The molecule has 1 aromatic heterocycles. The zero-order chi connectivity index (χ0) is 13.9. The maximum absolute atomic E-state index is 12.3. The minimum absolute atomic E-state index is 0.0138. The molecule has 0 radical (unpaired) electrons. The zero-order valence-electron chi connectivity index (χ0n) is 11.9. The molecule has 1 aliphatic rings. The average molecular weight is 262 g/mol. The SMILES string of the molecule is CCCNc1ccc(C(=O)N2CCC(C)(C)C2)nn1. The van der Waals surface area contributed by atoms with E-state index in [1.54, 1.807) is 6.07 Å². The standard InChI is InChI=1S/C14H22N4O/c1-4-8-15-12-6-5-11(16-17-12)13(19)18-9-7-14(2,3)10-18/h5-6H,4,7-10H2,1-3H3,(H,15,17). The lowest BCUT2D eigenvalue weighted by Gasteiger charge is -2.19. The van der Waals surface area contributed by atoms with Crippen molar-refractivity contribution in [1.29, 1.82) is 0 Å². The monoisotopic (exact) mass is 262 g/mol. The molecule has 0 bridgehead atoms. The summed E-state index contributed by atoms with van der Waals surface area (Å²) < 4.78 is 0. The van der Waals surface area contributed by atoms with Crippen molar-refractivity contribution in [2.45, 2.75) is 33.6 Å². The second kappa shape index (κ2) is 5.55. The Morgan fingerprint density at radius 3 is 2.74 bits per heavy atom. The van der Waals surface area contributed by atoms with Gasteiger partial charge in [0, 0.05) is 19.6 Å². The third kappa shape index (κ3) is 3.43. The van der Waals surface area contributed by atoms with Crippen molar-refractivity contribution in [3.63, 3.8) is 0 Å². The van der Waals surface area contributed by atoms with Gasteiger partial charge in [0.2, 0.25) is 0 Å². The third-order valence-electron chi connectivity index (χ3n) is 3.40. The van der Waals surface area contributed by atoms with Gasteiger partial charge in [0.25, 0.3) is 5.91 Å². The summed E-state index contributed by atoms with van der Waals surface area (Å²) in [5.74, 6) is 0.709. The van der Waals surface area contributed by atoms with Crippen LogP contribution in [0.15, 0.2) is 12.1 Å². The normalized spacial score (nSPS) is 17.5. The highest BCUT2D eigenvalue weighted by atomic mass is 16.2. The minimum Gasteiger partial charge on any atom is -0.369 e. The number of likely N-dealkylation sites (tertiary alicyclic amines) is 1. The van der Waals surface area contributed by atoms with Crippen molar-refractivity contribution in [3.05, 3.63) is 17.8 Å². The highest BCUT2D eigenvalue weighted by Gasteiger charge is 2.32. The van der Waals surface area contributed by atoms with E-state index >= 15 is 0 Å². The molecular formula is C14H22N4O. The van der Waals surface area contributed by atoms with Crippen LogP contribution < -0.4 is 5.32 Å². The van der Waals surface area contributed by atoms with Gasteiger partial charge in [-0.2, -0.15) is 0 Å². The van der Waals surface area contributed by atoms with Crippen LogP contribution in [0.3, 0.4) is 0 Å². The fourth-order valence-electron chi connectivity index (χ4n) is 2.24. The predicted molar refractivity (Wildman–Crippen MR) is 75.1 cm³/mol. The van der Waals surface area contributed by atoms with Gasteiger partial charge in [-0.1, -0.05) is 20.8 Å². The Morgan fingerprint density at radius 2 is 2.21 bits per heavy atom. The van der Waals surface area contributed by atoms with E-state index in [-0.39, 0.29) is 11.3 Å². The summed E-state index contributed by atoms with van der Waals surface area (Å²) >= 11 is 0. The number of anilines is 1. The number of nitrogens with one attached hydrogen (secondary N) is 1. The molecule has 0 aliphatic carbocycles. The first-order valence-corrected chi connectivity index (χ1v) is 6.89. The summed E-state index contributed by atoms with van der Waals surface area (Å²) in [5, 5.41) is 11.2. The molecular weight excluding hydrogens is 240 g/mol. The van der Waals surface area contributed by atoms with Crippen molar-refractivity contribution < 1.29 is 4.79 Å². The van der Waals surface area contributed by atoms with E-state index in [9.17, 15) is 4.79 Å². The van der Waals surface area contributed by atoms with Gasteiger partial charge in [-0.25, -0.2) is 0 Å². The number of carbonyl (C=O) groups excluding carboxylic acids is 1. The van der Waals surface area contributed by atoms with Gasteiger partial charge < -0.3 is 10.2 Å². The lowest BCUT2D eigenvalue weighted by atomic mass is 9.93. The molecule has 0 spiro atoms. The Labute approximate surface area is 114 Å². The van der Waals surface area contributed by atoms with E-state index < -0.39 is 0 Å². The van der Waals surface area contributed by atoms with Crippen LogP contribution in [0.5, 0.6) is 0 Å². The summed E-state index contributed by atoms with van der Waals surface area (Å²) in [5.41, 5.74) is 0.644. The minimum atomic E-state index is -0.0138. The second-order valence-electron chi connectivity index (χ2n) is 5.87. The van der Waals surface area contributed by atoms with Gasteiger partial charge in [-0.3, -0.25) is 4.79 Å².